The van der Waals surface area contributed by atoms with Crippen LogP contribution in [0, 0.1) is 0 Å². The normalized spacial score (nSPS) is 10.9. The number of benzene rings is 3. The van der Waals surface area contributed by atoms with E-state index in [9.17, 15) is 4.79 Å². The van der Waals surface area contributed by atoms with Crippen LogP contribution in [0.1, 0.15) is 21.7 Å². The highest BCUT2D eigenvalue weighted by atomic mass is 16.5. The molecular formula is C24H18N2O3. The minimum absolute atomic E-state index is 0.391. The van der Waals surface area contributed by atoms with Crippen molar-refractivity contribution >= 4 is 29.0 Å². The van der Waals surface area contributed by atoms with E-state index in [1.54, 1.807) is 24.3 Å². The first kappa shape index (κ1) is 18.4. The summed E-state index contributed by atoms with van der Waals surface area (Å²) in [5, 5.41) is 0.807. The summed E-state index contributed by atoms with van der Waals surface area (Å²) < 4.78 is 10.7. The molecule has 5 nitrogen and oxygen atoms in total. The molecule has 4 aromatic rings. The zero-order chi connectivity index (χ0) is 20.1. The first-order chi connectivity index (χ1) is 14.2. The molecule has 0 aliphatic carbocycles. The molecule has 0 aliphatic rings. The van der Waals surface area contributed by atoms with Gasteiger partial charge in [-0.1, -0.05) is 48.5 Å². The maximum Gasteiger partial charge on any atom is 0.337 e. The van der Waals surface area contributed by atoms with Crippen molar-refractivity contribution in [2.75, 3.05) is 7.11 Å². The Labute approximate surface area is 168 Å². The van der Waals surface area contributed by atoms with Gasteiger partial charge < -0.3 is 9.47 Å². The van der Waals surface area contributed by atoms with E-state index < -0.39 is 5.97 Å². The molecular weight excluding hydrogens is 364 g/mol. The highest BCUT2D eigenvalue weighted by Crippen LogP contribution is 2.28. The van der Waals surface area contributed by atoms with Crippen molar-refractivity contribution < 1.29 is 14.3 Å². The van der Waals surface area contributed by atoms with E-state index in [1.807, 2.05) is 66.7 Å². The summed E-state index contributed by atoms with van der Waals surface area (Å²) in [5.41, 5.74) is 2.31. The van der Waals surface area contributed by atoms with Crippen molar-refractivity contribution in [3.63, 3.8) is 0 Å². The number of hydrogen-bond acceptors (Lipinski definition) is 5. The molecule has 1 aromatic heterocycles. The molecule has 1 heterocycles. The molecule has 0 aliphatic heterocycles. The van der Waals surface area contributed by atoms with Gasteiger partial charge in [0.2, 0.25) is 5.88 Å². The third-order valence-corrected chi connectivity index (χ3v) is 4.30. The number of aromatic nitrogens is 2. The first-order valence-electron chi connectivity index (χ1n) is 9.09. The molecule has 0 saturated carbocycles. The van der Waals surface area contributed by atoms with Crippen LogP contribution in [-0.2, 0) is 4.74 Å². The molecule has 142 valence electrons. The van der Waals surface area contributed by atoms with Crippen LogP contribution in [0.3, 0.4) is 0 Å². The molecule has 3 aromatic carbocycles. The maximum atomic E-state index is 11.6. The van der Waals surface area contributed by atoms with Crippen LogP contribution in [0.25, 0.3) is 23.1 Å². The maximum absolute atomic E-state index is 11.6. The average Bonchev–Trinajstić information content (AvgIpc) is 2.78. The van der Waals surface area contributed by atoms with Gasteiger partial charge in [-0.05, 0) is 48.0 Å². The Morgan fingerprint density at radius 2 is 1.55 bits per heavy atom. The average molecular weight is 382 g/mol. The van der Waals surface area contributed by atoms with Crippen LogP contribution in [0.5, 0.6) is 11.6 Å². The van der Waals surface area contributed by atoms with Gasteiger partial charge >= 0.3 is 5.97 Å². The molecule has 0 amide bonds. The fourth-order valence-electron chi connectivity index (χ4n) is 2.84. The topological polar surface area (TPSA) is 61.3 Å². The number of ether oxygens (including phenoxy) is 2. The number of carbonyl (C=O) groups is 1. The Bertz CT molecular complexity index is 1170. The van der Waals surface area contributed by atoms with Gasteiger partial charge in [0, 0.05) is 0 Å². The van der Waals surface area contributed by atoms with Crippen LogP contribution in [0.15, 0.2) is 78.9 Å². The Morgan fingerprint density at radius 3 is 2.31 bits per heavy atom. The summed E-state index contributed by atoms with van der Waals surface area (Å²) in [4.78, 5) is 20.8. The van der Waals surface area contributed by atoms with Gasteiger partial charge in [-0.25, -0.2) is 9.78 Å². The van der Waals surface area contributed by atoms with Crippen molar-refractivity contribution in [1.82, 2.24) is 9.97 Å². The van der Waals surface area contributed by atoms with Gasteiger partial charge in [0.1, 0.15) is 5.75 Å². The van der Waals surface area contributed by atoms with Gasteiger partial charge in [-0.3, -0.25) is 0 Å². The molecule has 0 saturated heterocycles. The van der Waals surface area contributed by atoms with Gasteiger partial charge in [0.25, 0.3) is 0 Å². The molecule has 29 heavy (non-hydrogen) atoms. The lowest BCUT2D eigenvalue weighted by molar-refractivity contribution is 0.0600. The monoisotopic (exact) mass is 382 g/mol. The Morgan fingerprint density at radius 1 is 0.828 bits per heavy atom. The number of rotatable bonds is 5. The van der Waals surface area contributed by atoms with Crippen LogP contribution >= 0.6 is 0 Å². The number of nitrogens with zero attached hydrogens (tertiary/aromatic N) is 2. The molecule has 0 fully saturated rings. The Kier molecular flexibility index (Phi) is 5.29. The lowest BCUT2D eigenvalue weighted by atomic mass is 10.2. The standard InChI is InChI=1S/C24H18N2O3/c1-28-24(27)18-12-14-19(15-13-18)29-23-20-9-5-6-10-21(20)25-22(26-23)16-11-17-7-3-2-4-8-17/h2-16H,1H3. The van der Waals surface area contributed by atoms with E-state index >= 15 is 0 Å². The molecule has 0 atom stereocenters. The predicted molar refractivity (Wildman–Crippen MR) is 113 cm³/mol. The Balaban J connectivity index is 1.67. The van der Waals surface area contributed by atoms with E-state index in [4.69, 9.17) is 9.47 Å². The van der Waals surface area contributed by atoms with Gasteiger partial charge in [0.15, 0.2) is 5.82 Å². The van der Waals surface area contributed by atoms with Crippen molar-refractivity contribution in [3.8, 4) is 11.6 Å². The number of esters is 1. The summed E-state index contributed by atoms with van der Waals surface area (Å²) in [6.45, 7) is 0. The number of methoxy groups -OCH3 is 1. The van der Waals surface area contributed by atoms with Gasteiger partial charge in [-0.2, -0.15) is 4.98 Å². The molecule has 0 bridgehead atoms. The molecule has 5 heteroatoms. The van der Waals surface area contributed by atoms with E-state index in [1.165, 1.54) is 7.11 Å². The summed E-state index contributed by atoms with van der Waals surface area (Å²) in [6.07, 6.45) is 3.81. The van der Waals surface area contributed by atoms with Crippen LogP contribution < -0.4 is 4.74 Å². The largest absolute Gasteiger partial charge is 0.465 e. The molecule has 0 radical (unpaired) electrons. The third kappa shape index (κ3) is 4.30. The number of hydrogen-bond donors (Lipinski definition) is 0. The molecule has 0 N–H and O–H groups in total. The summed E-state index contributed by atoms with van der Waals surface area (Å²) in [6, 6.07) is 24.4. The lowest BCUT2D eigenvalue weighted by Gasteiger charge is -2.09. The van der Waals surface area contributed by atoms with E-state index in [-0.39, 0.29) is 0 Å². The molecule has 0 unspecified atom stereocenters. The zero-order valence-corrected chi connectivity index (χ0v) is 15.8. The second-order valence-electron chi connectivity index (χ2n) is 6.27. The highest BCUT2D eigenvalue weighted by Gasteiger charge is 2.10. The van der Waals surface area contributed by atoms with Crippen molar-refractivity contribution in [2.24, 2.45) is 0 Å². The fourth-order valence-corrected chi connectivity index (χ4v) is 2.84. The number of carbonyl (C=O) groups excluding carboxylic acids is 1. The minimum Gasteiger partial charge on any atom is -0.465 e. The smallest absolute Gasteiger partial charge is 0.337 e. The van der Waals surface area contributed by atoms with Crippen molar-refractivity contribution in [2.45, 2.75) is 0 Å². The third-order valence-electron chi connectivity index (χ3n) is 4.30. The second-order valence-corrected chi connectivity index (χ2v) is 6.27. The van der Waals surface area contributed by atoms with E-state index in [0.29, 0.717) is 23.0 Å². The van der Waals surface area contributed by atoms with Crippen molar-refractivity contribution in [1.29, 1.82) is 0 Å². The molecule has 0 spiro atoms. The zero-order valence-electron chi connectivity index (χ0n) is 15.8. The van der Waals surface area contributed by atoms with Crippen LogP contribution in [0.2, 0.25) is 0 Å². The van der Waals surface area contributed by atoms with Gasteiger partial charge in [-0.15, -0.1) is 0 Å². The predicted octanol–water partition coefficient (Wildman–Crippen LogP) is 5.38. The van der Waals surface area contributed by atoms with Crippen LogP contribution in [-0.4, -0.2) is 23.0 Å². The SMILES string of the molecule is COC(=O)c1ccc(Oc2nc(C=Cc3ccccc3)nc3ccccc23)cc1. The summed E-state index contributed by atoms with van der Waals surface area (Å²) in [7, 11) is 1.35. The summed E-state index contributed by atoms with van der Waals surface area (Å²) >= 11 is 0. The summed E-state index contributed by atoms with van der Waals surface area (Å²) in [5.74, 6) is 1.18. The van der Waals surface area contributed by atoms with Crippen molar-refractivity contribution in [3.05, 3.63) is 95.8 Å². The fraction of sp³-hybridized carbons (Fsp3) is 0.0417. The Hall–Kier alpha value is -3.99. The molecule has 4 rings (SSSR count). The number of fused-ring (bicyclic) bond motifs is 1. The highest BCUT2D eigenvalue weighted by molar-refractivity contribution is 5.89. The van der Waals surface area contributed by atoms with E-state index in [0.717, 1.165) is 16.5 Å². The quantitative estimate of drug-likeness (QED) is 0.434. The van der Waals surface area contributed by atoms with E-state index in [2.05, 4.69) is 9.97 Å². The van der Waals surface area contributed by atoms with Gasteiger partial charge in [0.05, 0.1) is 23.6 Å². The first-order valence-corrected chi connectivity index (χ1v) is 9.09. The lowest BCUT2D eigenvalue weighted by Crippen LogP contribution is -2.00. The number of para-hydroxylation sites is 1. The van der Waals surface area contributed by atoms with Crippen LogP contribution in [0.4, 0.5) is 0 Å². The minimum atomic E-state index is -0.391. The second kappa shape index (κ2) is 8.35.